The van der Waals surface area contributed by atoms with Crippen molar-refractivity contribution < 1.29 is 0 Å². The lowest BCUT2D eigenvalue weighted by atomic mass is 9.80. The van der Waals surface area contributed by atoms with E-state index < -0.39 is 0 Å². The minimum Gasteiger partial charge on any atom is -0.329 e. The van der Waals surface area contributed by atoms with Gasteiger partial charge in [-0.25, -0.2) is 0 Å². The van der Waals surface area contributed by atoms with Gasteiger partial charge in [-0.05, 0) is 31.1 Å². The van der Waals surface area contributed by atoms with Crippen LogP contribution in [0.3, 0.4) is 0 Å². The second-order valence-electron chi connectivity index (χ2n) is 6.21. The van der Waals surface area contributed by atoms with Crippen molar-refractivity contribution in [2.24, 2.45) is 23.5 Å². The monoisotopic (exact) mass is 212 g/mol. The van der Waals surface area contributed by atoms with E-state index >= 15 is 0 Å². The maximum absolute atomic E-state index is 5.95. The van der Waals surface area contributed by atoms with Crippen molar-refractivity contribution >= 4 is 0 Å². The summed E-state index contributed by atoms with van der Waals surface area (Å²) in [6.07, 6.45) is 1.22. The van der Waals surface area contributed by atoms with Crippen LogP contribution in [0.15, 0.2) is 0 Å². The molecule has 2 N–H and O–H groups in total. The molecule has 90 valence electrons. The Hall–Kier alpha value is -0.0800. The van der Waals surface area contributed by atoms with Gasteiger partial charge in [-0.15, -0.1) is 0 Å². The molecular formula is C13H28N2. The Morgan fingerprint density at radius 1 is 1.27 bits per heavy atom. The minimum atomic E-state index is 0.236. The molecule has 0 saturated carbocycles. The highest BCUT2D eigenvalue weighted by Crippen LogP contribution is 2.33. The molecule has 1 heterocycles. The summed E-state index contributed by atoms with van der Waals surface area (Å²) in [5.41, 5.74) is 6.18. The van der Waals surface area contributed by atoms with Crippen LogP contribution in [0.2, 0.25) is 0 Å². The Morgan fingerprint density at radius 2 is 1.80 bits per heavy atom. The summed E-state index contributed by atoms with van der Waals surface area (Å²) in [6, 6.07) is 0. The van der Waals surface area contributed by atoms with Gasteiger partial charge in [0, 0.05) is 25.2 Å². The third kappa shape index (κ3) is 2.94. The van der Waals surface area contributed by atoms with Gasteiger partial charge in [-0.1, -0.05) is 27.7 Å². The standard InChI is InChI=1S/C13H28N2/c1-10(2)6-13(5,9-14)15-7-12(8-15)11(3)4/h10-12H,6-9,14H2,1-5H3. The second kappa shape index (κ2) is 4.84. The van der Waals surface area contributed by atoms with Gasteiger partial charge in [0.2, 0.25) is 0 Å². The highest BCUT2D eigenvalue weighted by atomic mass is 15.3. The Labute approximate surface area is 95.2 Å². The second-order valence-corrected chi connectivity index (χ2v) is 6.21. The van der Waals surface area contributed by atoms with Crippen molar-refractivity contribution in [2.75, 3.05) is 19.6 Å². The molecular weight excluding hydrogens is 184 g/mol. The first-order valence-electron chi connectivity index (χ1n) is 6.34. The molecule has 0 radical (unpaired) electrons. The third-order valence-corrected chi connectivity index (χ3v) is 3.90. The van der Waals surface area contributed by atoms with Crippen LogP contribution in [0.4, 0.5) is 0 Å². The molecule has 2 nitrogen and oxygen atoms in total. The number of nitrogens with two attached hydrogens (primary N) is 1. The number of rotatable bonds is 5. The maximum atomic E-state index is 5.95. The van der Waals surface area contributed by atoms with E-state index in [1.807, 2.05) is 0 Å². The summed E-state index contributed by atoms with van der Waals surface area (Å²) in [5.74, 6) is 2.45. The summed E-state index contributed by atoms with van der Waals surface area (Å²) >= 11 is 0. The van der Waals surface area contributed by atoms with Gasteiger partial charge in [0.05, 0.1) is 0 Å². The van der Waals surface area contributed by atoms with E-state index in [1.165, 1.54) is 19.5 Å². The van der Waals surface area contributed by atoms with Crippen LogP contribution >= 0.6 is 0 Å². The Morgan fingerprint density at radius 3 is 2.13 bits per heavy atom. The fourth-order valence-corrected chi connectivity index (χ4v) is 2.60. The largest absolute Gasteiger partial charge is 0.329 e. The Kier molecular flexibility index (Phi) is 4.19. The van der Waals surface area contributed by atoms with Crippen molar-refractivity contribution in [3.63, 3.8) is 0 Å². The van der Waals surface area contributed by atoms with Gasteiger partial charge >= 0.3 is 0 Å². The minimum absolute atomic E-state index is 0.236. The lowest BCUT2D eigenvalue weighted by molar-refractivity contribution is -0.0293. The Bertz CT molecular complexity index is 195. The maximum Gasteiger partial charge on any atom is 0.0306 e. The molecule has 1 fully saturated rings. The van der Waals surface area contributed by atoms with Crippen LogP contribution < -0.4 is 5.73 Å². The van der Waals surface area contributed by atoms with Crippen LogP contribution in [0, 0.1) is 17.8 Å². The van der Waals surface area contributed by atoms with Crippen LogP contribution in [0.1, 0.15) is 41.0 Å². The van der Waals surface area contributed by atoms with Gasteiger partial charge in [0.15, 0.2) is 0 Å². The summed E-state index contributed by atoms with van der Waals surface area (Å²) < 4.78 is 0. The van der Waals surface area contributed by atoms with E-state index in [9.17, 15) is 0 Å². The van der Waals surface area contributed by atoms with Crippen molar-refractivity contribution in [3.05, 3.63) is 0 Å². The molecule has 0 aromatic rings. The first kappa shape index (κ1) is 13.0. The molecule has 0 bridgehead atoms. The van der Waals surface area contributed by atoms with E-state index in [-0.39, 0.29) is 5.54 Å². The fourth-order valence-electron chi connectivity index (χ4n) is 2.60. The molecule has 15 heavy (non-hydrogen) atoms. The molecule has 0 aromatic carbocycles. The Balaban J connectivity index is 2.48. The molecule has 1 aliphatic rings. The van der Waals surface area contributed by atoms with Gasteiger partial charge < -0.3 is 5.73 Å². The first-order chi connectivity index (χ1) is 6.89. The number of nitrogens with zero attached hydrogens (tertiary/aromatic N) is 1. The smallest absolute Gasteiger partial charge is 0.0306 e. The topological polar surface area (TPSA) is 29.3 Å². The molecule has 1 unspecified atom stereocenters. The van der Waals surface area contributed by atoms with E-state index in [2.05, 4.69) is 39.5 Å². The van der Waals surface area contributed by atoms with Crippen LogP contribution in [0.5, 0.6) is 0 Å². The zero-order chi connectivity index (χ0) is 11.6. The predicted octanol–water partition coefficient (Wildman–Crippen LogP) is 2.34. The van der Waals surface area contributed by atoms with Crippen molar-refractivity contribution in [1.29, 1.82) is 0 Å². The van der Waals surface area contributed by atoms with Crippen LogP contribution in [-0.4, -0.2) is 30.1 Å². The van der Waals surface area contributed by atoms with Gasteiger partial charge in [-0.2, -0.15) is 0 Å². The number of likely N-dealkylation sites (tertiary alicyclic amines) is 1. The highest BCUT2D eigenvalue weighted by molar-refractivity contribution is 4.96. The van der Waals surface area contributed by atoms with E-state index in [4.69, 9.17) is 5.73 Å². The zero-order valence-electron chi connectivity index (χ0n) is 11.1. The van der Waals surface area contributed by atoms with Gasteiger partial charge in [-0.3, -0.25) is 4.90 Å². The number of hydrogen-bond acceptors (Lipinski definition) is 2. The normalized spacial score (nSPS) is 23.2. The van der Waals surface area contributed by atoms with Crippen molar-refractivity contribution in [3.8, 4) is 0 Å². The molecule has 0 amide bonds. The molecule has 0 spiro atoms. The zero-order valence-corrected chi connectivity index (χ0v) is 11.1. The fraction of sp³-hybridized carbons (Fsp3) is 1.00. The summed E-state index contributed by atoms with van der Waals surface area (Å²) in [6.45, 7) is 14.8. The van der Waals surface area contributed by atoms with Crippen molar-refractivity contribution in [1.82, 2.24) is 4.90 Å². The molecule has 0 aliphatic carbocycles. The first-order valence-corrected chi connectivity index (χ1v) is 6.34. The van der Waals surface area contributed by atoms with E-state index in [0.29, 0.717) is 0 Å². The molecule has 1 rings (SSSR count). The molecule has 0 aromatic heterocycles. The van der Waals surface area contributed by atoms with E-state index in [1.54, 1.807) is 0 Å². The highest BCUT2D eigenvalue weighted by Gasteiger charge is 2.40. The lowest BCUT2D eigenvalue weighted by Gasteiger charge is -2.52. The lowest BCUT2D eigenvalue weighted by Crippen LogP contribution is -2.62. The summed E-state index contributed by atoms with van der Waals surface area (Å²) in [7, 11) is 0. The third-order valence-electron chi connectivity index (χ3n) is 3.90. The average molecular weight is 212 g/mol. The summed E-state index contributed by atoms with van der Waals surface area (Å²) in [4.78, 5) is 2.58. The molecule has 2 heteroatoms. The SMILES string of the molecule is CC(C)CC(C)(CN)N1CC(C(C)C)C1. The van der Waals surface area contributed by atoms with Gasteiger partial charge in [0.1, 0.15) is 0 Å². The molecule has 1 atom stereocenters. The molecule has 1 saturated heterocycles. The summed E-state index contributed by atoms with van der Waals surface area (Å²) in [5, 5.41) is 0. The predicted molar refractivity (Wildman–Crippen MR) is 66.8 cm³/mol. The molecule has 1 aliphatic heterocycles. The van der Waals surface area contributed by atoms with E-state index in [0.717, 1.165) is 24.3 Å². The van der Waals surface area contributed by atoms with Crippen molar-refractivity contribution in [2.45, 2.75) is 46.6 Å². The van der Waals surface area contributed by atoms with Gasteiger partial charge in [0.25, 0.3) is 0 Å². The van der Waals surface area contributed by atoms with Crippen LogP contribution in [0.25, 0.3) is 0 Å². The quantitative estimate of drug-likeness (QED) is 0.758. The average Bonchev–Trinajstić information content (AvgIpc) is 1.98. The number of hydrogen-bond donors (Lipinski definition) is 1. The van der Waals surface area contributed by atoms with Crippen LogP contribution in [-0.2, 0) is 0 Å².